The Morgan fingerprint density at radius 3 is 2.78 bits per heavy atom. The van der Waals surface area contributed by atoms with E-state index in [0.29, 0.717) is 6.54 Å². The van der Waals surface area contributed by atoms with E-state index < -0.39 is 0 Å². The Morgan fingerprint density at radius 2 is 2.11 bits per heavy atom. The van der Waals surface area contributed by atoms with Gasteiger partial charge in [-0.25, -0.2) is 9.78 Å². The minimum Gasteiger partial charge on any atom is -0.308 e. The van der Waals surface area contributed by atoms with E-state index in [2.05, 4.69) is 9.97 Å². The van der Waals surface area contributed by atoms with E-state index in [1.54, 1.807) is 23.2 Å². The molecule has 0 N–H and O–H groups in total. The van der Waals surface area contributed by atoms with Gasteiger partial charge in [-0.15, -0.1) is 0 Å². The van der Waals surface area contributed by atoms with E-state index in [-0.39, 0.29) is 5.69 Å². The van der Waals surface area contributed by atoms with Crippen LogP contribution in [-0.2, 0) is 6.54 Å². The van der Waals surface area contributed by atoms with E-state index in [0.717, 1.165) is 17.8 Å². The van der Waals surface area contributed by atoms with Crippen molar-refractivity contribution in [2.45, 2.75) is 6.54 Å². The van der Waals surface area contributed by atoms with E-state index in [1.165, 1.54) is 0 Å². The Balaban J connectivity index is 2.29. The monoisotopic (exact) mass is 244 g/mol. The zero-order valence-corrected chi connectivity index (χ0v) is 10.6. The van der Waals surface area contributed by atoms with Gasteiger partial charge in [-0.2, -0.15) is 0 Å². The molecule has 0 aromatic carbocycles. The Hall–Kier alpha value is -2.01. The van der Waals surface area contributed by atoms with E-state index >= 15 is 0 Å². The summed E-state index contributed by atoms with van der Waals surface area (Å²) in [6.45, 7) is 1.42. The van der Waals surface area contributed by atoms with Crippen LogP contribution in [0, 0.1) is 0 Å². The van der Waals surface area contributed by atoms with Crippen molar-refractivity contribution in [3.8, 4) is 11.3 Å². The number of hydrogen-bond donors (Lipinski definition) is 0. The van der Waals surface area contributed by atoms with Gasteiger partial charge < -0.3 is 4.90 Å². The van der Waals surface area contributed by atoms with Crippen molar-refractivity contribution < 1.29 is 0 Å². The number of hydrogen-bond acceptors (Lipinski definition) is 4. The maximum absolute atomic E-state index is 11.6. The summed E-state index contributed by atoms with van der Waals surface area (Å²) in [5.41, 5.74) is 1.45. The summed E-state index contributed by atoms with van der Waals surface area (Å²) in [7, 11) is 3.95. The Labute approximate surface area is 106 Å². The van der Waals surface area contributed by atoms with Crippen LogP contribution in [0.3, 0.4) is 0 Å². The van der Waals surface area contributed by atoms with Crippen LogP contribution in [0.2, 0.25) is 0 Å². The largest absolute Gasteiger partial charge is 0.347 e. The molecule has 2 rings (SSSR count). The van der Waals surface area contributed by atoms with Crippen LogP contribution in [0.5, 0.6) is 0 Å². The fraction of sp³-hybridized carbons (Fsp3) is 0.308. The number of rotatable bonds is 4. The first-order valence-electron chi connectivity index (χ1n) is 5.79. The van der Waals surface area contributed by atoms with Gasteiger partial charge in [0.2, 0.25) is 0 Å². The molecule has 0 atom stereocenters. The summed E-state index contributed by atoms with van der Waals surface area (Å²) in [5, 5.41) is 0. The fourth-order valence-electron chi connectivity index (χ4n) is 1.59. The molecule has 5 nitrogen and oxygen atoms in total. The third kappa shape index (κ3) is 3.01. The van der Waals surface area contributed by atoms with Gasteiger partial charge in [-0.05, 0) is 26.2 Å². The number of aromatic nitrogens is 3. The zero-order chi connectivity index (χ0) is 13.0. The van der Waals surface area contributed by atoms with Gasteiger partial charge in [0.1, 0.15) is 0 Å². The van der Waals surface area contributed by atoms with Crippen molar-refractivity contribution in [1.29, 1.82) is 0 Å². The molecule has 0 unspecified atom stereocenters. The van der Waals surface area contributed by atoms with Crippen molar-refractivity contribution >= 4 is 0 Å². The van der Waals surface area contributed by atoms with Crippen LogP contribution in [0.15, 0.2) is 41.6 Å². The molecule has 18 heavy (non-hydrogen) atoms. The minimum atomic E-state index is -0.225. The second-order valence-corrected chi connectivity index (χ2v) is 4.34. The predicted octanol–water partition coefficient (Wildman–Crippen LogP) is 0.867. The van der Waals surface area contributed by atoms with Crippen molar-refractivity contribution in [1.82, 2.24) is 19.4 Å². The first-order chi connectivity index (χ1) is 8.66. The Kier molecular flexibility index (Phi) is 3.84. The standard InChI is InChI=1S/C13H16N4O/c1-16(2)7-8-17-10-11(9-15-13(17)18)12-5-3-4-6-14-12/h3-6,9-10H,7-8H2,1-2H3. The highest BCUT2D eigenvalue weighted by atomic mass is 16.1. The predicted molar refractivity (Wildman–Crippen MR) is 70.3 cm³/mol. The van der Waals surface area contributed by atoms with E-state index in [1.807, 2.05) is 37.2 Å². The van der Waals surface area contributed by atoms with Gasteiger partial charge in [0.05, 0.1) is 5.69 Å². The third-order valence-corrected chi connectivity index (χ3v) is 2.60. The molecule has 0 radical (unpaired) electrons. The molecule has 0 aliphatic carbocycles. The third-order valence-electron chi connectivity index (χ3n) is 2.60. The molecule has 0 spiro atoms. The number of nitrogens with zero attached hydrogens (tertiary/aromatic N) is 4. The molecule has 0 amide bonds. The molecule has 2 heterocycles. The number of pyridine rings is 1. The molecule has 0 saturated carbocycles. The summed E-state index contributed by atoms with van der Waals surface area (Å²) < 4.78 is 1.62. The second-order valence-electron chi connectivity index (χ2n) is 4.34. The van der Waals surface area contributed by atoms with Crippen LogP contribution < -0.4 is 5.69 Å². The lowest BCUT2D eigenvalue weighted by atomic mass is 10.2. The average molecular weight is 244 g/mol. The van der Waals surface area contributed by atoms with Crippen LogP contribution in [-0.4, -0.2) is 40.1 Å². The lowest BCUT2D eigenvalue weighted by Crippen LogP contribution is -2.27. The first-order valence-corrected chi connectivity index (χ1v) is 5.79. The summed E-state index contributed by atoms with van der Waals surface area (Å²) in [4.78, 5) is 21.8. The molecule has 0 fully saturated rings. The molecule has 94 valence electrons. The van der Waals surface area contributed by atoms with Gasteiger partial charge in [0, 0.05) is 37.2 Å². The highest BCUT2D eigenvalue weighted by molar-refractivity contribution is 5.55. The maximum atomic E-state index is 11.6. The average Bonchev–Trinajstić information content (AvgIpc) is 2.38. The van der Waals surface area contributed by atoms with Crippen LogP contribution in [0.1, 0.15) is 0 Å². The van der Waals surface area contributed by atoms with Crippen molar-refractivity contribution in [3.63, 3.8) is 0 Å². The van der Waals surface area contributed by atoms with Crippen molar-refractivity contribution in [2.75, 3.05) is 20.6 Å². The summed E-state index contributed by atoms with van der Waals surface area (Å²) in [6.07, 6.45) is 5.10. The fourth-order valence-corrected chi connectivity index (χ4v) is 1.59. The van der Waals surface area contributed by atoms with Crippen LogP contribution in [0.25, 0.3) is 11.3 Å². The second kappa shape index (κ2) is 5.55. The molecule has 0 saturated heterocycles. The highest BCUT2D eigenvalue weighted by Gasteiger charge is 2.03. The first kappa shape index (κ1) is 12.4. The van der Waals surface area contributed by atoms with E-state index in [9.17, 15) is 4.79 Å². The molecule has 2 aromatic rings. The van der Waals surface area contributed by atoms with Gasteiger partial charge in [-0.3, -0.25) is 9.55 Å². The van der Waals surface area contributed by atoms with Gasteiger partial charge in [0.15, 0.2) is 0 Å². The highest BCUT2D eigenvalue weighted by Crippen LogP contribution is 2.12. The molecular formula is C13H16N4O. The molecule has 2 aromatic heterocycles. The van der Waals surface area contributed by atoms with Gasteiger partial charge >= 0.3 is 5.69 Å². The summed E-state index contributed by atoms with van der Waals surface area (Å²) in [6, 6.07) is 5.67. The topological polar surface area (TPSA) is 51.0 Å². The maximum Gasteiger partial charge on any atom is 0.347 e. The zero-order valence-electron chi connectivity index (χ0n) is 10.6. The lowest BCUT2D eigenvalue weighted by Gasteiger charge is -2.11. The summed E-state index contributed by atoms with van der Waals surface area (Å²) >= 11 is 0. The van der Waals surface area contributed by atoms with Crippen LogP contribution in [0.4, 0.5) is 0 Å². The smallest absolute Gasteiger partial charge is 0.308 e. The summed E-state index contributed by atoms with van der Waals surface area (Å²) in [5.74, 6) is 0. The van der Waals surface area contributed by atoms with Crippen LogP contribution >= 0.6 is 0 Å². The Bertz CT molecular complexity index is 563. The number of likely N-dealkylation sites (N-methyl/N-ethyl adjacent to an activating group) is 1. The SMILES string of the molecule is CN(C)CCn1cc(-c2ccccn2)cnc1=O. The minimum absolute atomic E-state index is 0.225. The molecule has 0 aliphatic rings. The quantitative estimate of drug-likeness (QED) is 0.800. The van der Waals surface area contributed by atoms with Crippen molar-refractivity contribution in [2.24, 2.45) is 0 Å². The molecule has 0 bridgehead atoms. The molecule has 5 heteroatoms. The van der Waals surface area contributed by atoms with Gasteiger partial charge in [0.25, 0.3) is 0 Å². The van der Waals surface area contributed by atoms with Crippen molar-refractivity contribution in [3.05, 3.63) is 47.3 Å². The van der Waals surface area contributed by atoms with Gasteiger partial charge in [-0.1, -0.05) is 6.07 Å². The molecule has 0 aliphatic heterocycles. The Morgan fingerprint density at radius 1 is 1.28 bits per heavy atom. The van der Waals surface area contributed by atoms with E-state index in [4.69, 9.17) is 0 Å². The lowest BCUT2D eigenvalue weighted by molar-refractivity contribution is 0.379. The molecular weight excluding hydrogens is 228 g/mol. The normalized spacial score (nSPS) is 10.8.